The van der Waals surface area contributed by atoms with Gasteiger partial charge in [0.05, 0.1) is 42.0 Å². The van der Waals surface area contributed by atoms with Crippen molar-refractivity contribution >= 4 is 17.7 Å². The molecule has 4 rings (SSSR count). The zero-order valence-corrected chi connectivity index (χ0v) is 15.3. The van der Waals surface area contributed by atoms with Crippen molar-refractivity contribution in [2.45, 2.75) is 25.8 Å². The van der Waals surface area contributed by atoms with Crippen LogP contribution in [-0.2, 0) is 11.3 Å². The molecule has 6 heteroatoms. The maximum absolute atomic E-state index is 12.8. The molecule has 0 radical (unpaired) electrons. The normalized spacial score (nSPS) is 20.8. The van der Waals surface area contributed by atoms with Crippen molar-refractivity contribution in [1.82, 2.24) is 9.80 Å². The maximum atomic E-state index is 12.8. The van der Waals surface area contributed by atoms with E-state index in [9.17, 15) is 10.1 Å². The molecule has 0 unspecified atom stereocenters. The molecule has 1 saturated heterocycles. The number of nitrogens with zero attached hydrogens (tertiary/aromatic N) is 3. The Kier molecular flexibility index (Phi) is 4.58. The molecule has 26 heavy (non-hydrogen) atoms. The second kappa shape index (κ2) is 7.02. The van der Waals surface area contributed by atoms with E-state index in [0.717, 1.165) is 22.2 Å². The number of allylic oxidation sites excluding steroid dienone is 1. The lowest BCUT2D eigenvalue weighted by Gasteiger charge is -2.41. The van der Waals surface area contributed by atoms with E-state index < -0.39 is 0 Å². The van der Waals surface area contributed by atoms with Crippen molar-refractivity contribution in [3.05, 3.63) is 70.2 Å². The lowest BCUT2D eigenvalue weighted by molar-refractivity contribution is -0.132. The van der Waals surface area contributed by atoms with Gasteiger partial charge in [0.1, 0.15) is 5.76 Å². The summed E-state index contributed by atoms with van der Waals surface area (Å²) in [5, 5.41) is 10.6. The van der Waals surface area contributed by atoms with Crippen LogP contribution >= 0.6 is 11.8 Å². The molecule has 1 aromatic heterocycles. The van der Waals surface area contributed by atoms with Gasteiger partial charge in [-0.2, -0.15) is 5.26 Å². The van der Waals surface area contributed by atoms with Gasteiger partial charge in [0.15, 0.2) is 0 Å². The van der Waals surface area contributed by atoms with Gasteiger partial charge in [0.25, 0.3) is 0 Å². The number of amides is 1. The summed E-state index contributed by atoms with van der Waals surface area (Å²) in [6, 6.07) is 14.3. The van der Waals surface area contributed by atoms with Crippen LogP contribution in [0.5, 0.6) is 0 Å². The summed E-state index contributed by atoms with van der Waals surface area (Å²) in [6.45, 7) is 3.18. The molecule has 5 nitrogen and oxygen atoms in total. The van der Waals surface area contributed by atoms with Crippen molar-refractivity contribution in [1.29, 1.82) is 5.26 Å². The smallest absolute Gasteiger partial charge is 0.229 e. The number of rotatable bonds is 3. The highest BCUT2D eigenvalue weighted by Gasteiger charge is 2.38. The monoisotopic (exact) mass is 365 g/mol. The summed E-state index contributed by atoms with van der Waals surface area (Å²) < 4.78 is 5.41. The van der Waals surface area contributed by atoms with Crippen molar-refractivity contribution < 1.29 is 9.21 Å². The van der Waals surface area contributed by atoms with Crippen LogP contribution in [0.2, 0.25) is 0 Å². The number of aryl methyl sites for hydroxylation is 1. The predicted molar refractivity (Wildman–Crippen MR) is 99.6 cm³/mol. The standard InChI is InChI=1S/C20H19N3O2S/c1-14-4-6-15(7-5-14)17-9-19(24)23-12-22(11-16-3-2-8-25-16)13-26-20(23)18(17)10-21/h2-8,17H,9,11-13H2,1H3/t17-/m1/s1. The van der Waals surface area contributed by atoms with Crippen LogP contribution in [0.25, 0.3) is 0 Å². The van der Waals surface area contributed by atoms with Gasteiger partial charge in [-0.25, -0.2) is 0 Å². The first-order valence-electron chi connectivity index (χ1n) is 8.54. The minimum absolute atomic E-state index is 0.0706. The van der Waals surface area contributed by atoms with Crippen LogP contribution in [0.1, 0.15) is 29.2 Å². The van der Waals surface area contributed by atoms with Crippen LogP contribution in [-0.4, -0.2) is 28.3 Å². The zero-order chi connectivity index (χ0) is 18.1. The Bertz CT molecular complexity index is 881. The molecule has 3 heterocycles. The number of hydrogen-bond acceptors (Lipinski definition) is 5. The predicted octanol–water partition coefficient (Wildman–Crippen LogP) is 3.80. The fourth-order valence-electron chi connectivity index (χ4n) is 3.41. The van der Waals surface area contributed by atoms with E-state index in [4.69, 9.17) is 4.42 Å². The molecular formula is C20H19N3O2S. The average Bonchev–Trinajstić information content (AvgIpc) is 3.15. The second-order valence-corrected chi connectivity index (χ2v) is 7.58. The molecular weight excluding hydrogens is 346 g/mol. The Morgan fingerprint density at radius 1 is 1.31 bits per heavy atom. The largest absolute Gasteiger partial charge is 0.468 e. The van der Waals surface area contributed by atoms with E-state index in [1.54, 1.807) is 22.9 Å². The van der Waals surface area contributed by atoms with E-state index in [0.29, 0.717) is 25.2 Å². The first-order chi connectivity index (χ1) is 12.7. The minimum atomic E-state index is -0.150. The van der Waals surface area contributed by atoms with E-state index in [1.165, 1.54) is 5.56 Å². The van der Waals surface area contributed by atoms with Crippen molar-refractivity contribution in [2.24, 2.45) is 0 Å². The van der Waals surface area contributed by atoms with Crippen molar-refractivity contribution in [3.8, 4) is 6.07 Å². The summed E-state index contributed by atoms with van der Waals surface area (Å²) in [6.07, 6.45) is 1.99. The van der Waals surface area contributed by atoms with Gasteiger partial charge in [0, 0.05) is 12.3 Å². The third-order valence-electron chi connectivity index (χ3n) is 4.79. The Balaban J connectivity index is 1.60. The summed E-state index contributed by atoms with van der Waals surface area (Å²) in [5.41, 5.74) is 2.91. The second-order valence-electron chi connectivity index (χ2n) is 6.64. The van der Waals surface area contributed by atoms with Crippen LogP contribution in [0.15, 0.2) is 57.7 Å². The van der Waals surface area contributed by atoms with Crippen LogP contribution in [0.3, 0.4) is 0 Å². The van der Waals surface area contributed by atoms with E-state index in [2.05, 4.69) is 11.0 Å². The topological polar surface area (TPSA) is 60.5 Å². The van der Waals surface area contributed by atoms with Crippen LogP contribution in [0, 0.1) is 18.3 Å². The molecule has 0 N–H and O–H groups in total. The number of hydrogen-bond donors (Lipinski definition) is 0. The molecule has 0 aliphatic carbocycles. The third-order valence-corrected chi connectivity index (χ3v) is 6.00. The molecule has 1 amide bonds. The lowest BCUT2D eigenvalue weighted by Crippen LogP contribution is -2.46. The summed E-state index contributed by atoms with van der Waals surface area (Å²) in [4.78, 5) is 16.7. The summed E-state index contributed by atoms with van der Waals surface area (Å²) in [5.74, 6) is 1.52. The molecule has 2 aromatic rings. The van der Waals surface area contributed by atoms with Gasteiger partial charge in [-0.3, -0.25) is 14.6 Å². The Labute approximate surface area is 156 Å². The molecule has 1 atom stereocenters. The van der Waals surface area contributed by atoms with Gasteiger partial charge in [-0.15, -0.1) is 0 Å². The Hall–Kier alpha value is -2.49. The van der Waals surface area contributed by atoms with Gasteiger partial charge in [-0.05, 0) is 24.6 Å². The van der Waals surface area contributed by atoms with Gasteiger partial charge in [0.2, 0.25) is 5.91 Å². The average molecular weight is 365 g/mol. The number of thioether (sulfide) groups is 1. The van der Waals surface area contributed by atoms with Crippen LogP contribution < -0.4 is 0 Å². The number of furan rings is 1. The lowest BCUT2D eigenvalue weighted by atomic mass is 9.86. The SMILES string of the molecule is Cc1ccc([C@H]2CC(=O)N3CN(Cc4ccco4)CSC3=C2C#N)cc1. The number of carbonyl (C=O) groups excluding carboxylic acids is 1. The first kappa shape index (κ1) is 17.0. The number of nitriles is 1. The molecule has 1 fully saturated rings. The van der Waals surface area contributed by atoms with Crippen molar-refractivity contribution in [2.75, 3.05) is 12.5 Å². The highest BCUT2D eigenvalue weighted by molar-refractivity contribution is 8.03. The Morgan fingerprint density at radius 2 is 2.12 bits per heavy atom. The quantitative estimate of drug-likeness (QED) is 0.828. The summed E-state index contributed by atoms with van der Waals surface area (Å²) in [7, 11) is 0. The van der Waals surface area contributed by atoms with E-state index in [1.807, 2.05) is 43.3 Å². The van der Waals surface area contributed by atoms with E-state index >= 15 is 0 Å². The molecule has 2 aliphatic rings. The first-order valence-corrected chi connectivity index (χ1v) is 9.53. The third kappa shape index (κ3) is 3.16. The van der Waals surface area contributed by atoms with Gasteiger partial charge < -0.3 is 4.42 Å². The number of benzene rings is 1. The van der Waals surface area contributed by atoms with Gasteiger partial charge in [-0.1, -0.05) is 41.6 Å². The number of fused-ring (bicyclic) bond motifs is 1. The molecule has 0 bridgehead atoms. The fourth-order valence-corrected chi connectivity index (χ4v) is 4.55. The minimum Gasteiger partial charge on any atom is -0.468 e. The maximum Gasteiger partial charge on any atom is 0.229 e. The zero-order valence-electron chi connectivity index (χ0n) is 14.5. The van der Waals surface area contributed by atoms with Gasteiger partial charge >= 0.3 is 0 Å². The van der Waals surface area contributed by atoms with Crippen molar-refractivity contribution in [3.63, 3.8) is 0 Å². The number of carbonyl (C=O) groups is 1. The Morgan fingerprint density at radius 3 is 2.81 bits per heavy atom. The summed E-state index contributed by atoms with van der Waals surface area (Å²) >= 11 is 1.56. The van der Waals surface area contributed by atoms with Crippen LogP contribution in [0.4, 0.5) is 0 Å². The molecule has 132 valence electrons. The molecule has 0 saturated carbocycles. The molecule has 1 aromatic carbocycles. The molecule has 0 spiro atoms. The molecule has 2 aliphatic heterocycles. The fraction of sp³-hybridized carbons (Fsp3) is 0.300. The van der Waals surface area contributed by atoms with E-state index in [-0.39, 0.29) is 11.8 Å². The highest BCUT2D eigenvalue weighted by Crippen LogP contribution is 2.42. The highest BCUT2D eigenvalue weighted by atomic mass is 32.2.